The van der Waals surface area contributed by atoms with Gasteiger partial charge in [-0.3, -0.25) is 9.59 Å². The molecule has 2 aromatic rings. The number of aryl methyl sites for hydroxylation is 1. The summed E-state index contributed by atoms with van der Waals surface area (Å²) in [5, 5.41) is 2.88. The van der Waals surface area contributed by atoms with Gasteiger partial charge in [-0.25, -0.2) is 0 Å². The number of carbonyl (C=O) groups is 2. The third-order valence-corrected chi connectivity index (χ3v) is 4.94. The van der Waals surface area contributed by atoms with Crippen LogP contribution in [0.2, 0.25) is 0 Å². The average molecular weight is 373 g/mol. The first-order chi connectivity index (χ1) is 11.0. The Kier molecular flexibility index (Phi) is 4.22. The van der Waals surface area contributed by atoms with Gasteiger partial charge >= 0.3 is 0 Å². The Labute approximate surface area is 143 Å². The van der Waals surface area contributed by atoms with E-state index in [0.29, 0.717) is 29.9 Å². The molecule has 1 N–H and O–H groups in total. The molecule has 1 heterocycles. The predicted molar refractivity (Wildman–Crippen MR) is 93.7 cm³/mol. The van der Waals surface area contributed by atoms with Crippen molar-refractivity contribution in [2.75, 3.05) is 11.9 Å². The third kappa shape index (κ3) is 2.88. The molecule has 1 aliphatic heterocycles. The minimum absolute atomic E-state index is 0.0692. The highest BCUT2D eigenvalue weighted by molar-refractivity contribution is 9.10. The average Bonchev–Trinajstić information content (AvgIpc) is 2.87. The van der Waals surface area contributed by atoms with Gasteiger partial charge in [0.2, 0.25) is 0 Å². The second-order valence-electron chi connectivity index (χ2n) is 5.58. The number of hydrogen-bond acceptors (Lipinski definition) is 2. The lowest BCUT2D eigenvalue weighted by Gasteiger charge is -2.12. The van der Waals surface area contributed by atoms with E-state index in [2.05, 4.69) is 21.2 Å². The Hall–Kier alpha value is -2.14. The molecule has 0 saturated heterocycles. The minimum atomic E-state index is -0.255. The van der Waals surface area contributed by atoms with Gasteiger partial charge in [-0.15, -0.1) is 0 Å². The summed E-state index contributed by atoms with van der Waals surface area (Å²) in [6, 6.07) is 11.1. The smallest absolute Gasteiger partial charge is 0.256 e. The number of fused-ring (bicyclic) bond motifs is 1. The van der Waals surface area contributed by atoms with Crippen LogP contribution in [0.4, 0.5) is 5.69 Å². The number of amides is 2. The molecule has 0 bridgehead atoms. The Balaban J connectivity index is 1.91. The minimum Gasteiger partial charge on any atom is -0.335 e. The maximum absolute atomic E-state index is 12.6. The van der Waals surface area contributed by atoms with Crippen molar-refractivity contribution < 1.29 is 9.59 Å². The molecule has 0 aromatic heterocycles. The molecule has 2 aromatic carbocycles. The molecule has 1 aliphatic rings. The van der Waals surface area contributed by atoms with Gasteiger partial charge in [0.15, 0.2) is 0 Å². The van der Waals surface area contributed by atoms with Crippen LogP contribution in [0.1, 0.15) is 38.8 Å². The van der Waals surface area contributed by atoms with E-state index in [0.717, 1.165) is 15.6 Å². The van der Waals surface area contributed by atoms with E-state index in [1.54, 1.807) is 11.0 Å². The Morgan fingerprint density at radius 3 is 2.78 bits per heavy atom. The Bertz CT molecular complexity index is 802. The predicted octanol–water partition coefficient (Wildman–Crippen LogP) is 3.99. The van der Waals surface area contributed by atoms with E-state index in [1.807, 2.05) is 44.2 Å². The number of carbonyl (C=O) groups excluding carboxylic acids is 2. The van der Waals surface area contributed by atoms with Crippen LogP contribution >= 0.6 is 15.9 Å². The first-order valence-corrected chi connectivity index (χ1v) is 8.29. The fourth-order valence-electron chi connectivity index (χ4n) is 2.79. The molecule has 0 unspecified atom stereocenters. The van der Waals surface area contributed by atoms with Crippen LogP contribution in [0.25, 0.3) is 0 Å². The summed E-state index contributed by atoms with van der Waals surface area (Å²) in [5.74, 6) is -0.324. The van der Waals surface area contributed by atoms with Crippen molar-refractivity contribution in [1.82, 2.24) is 4.90 Å². The maximum atomic E-state index is 12.6. The van der Waals surface area contributed by atoms with Gasteiger partial charge < -0.3 is 10.2 Å². The van der Waals surface area contributed by atoms with Crippen LogP contribution < -0.4 is 5.32 Å². The number of anilines is 1. The zero-order valence-corrected chi connectivity index (χ0v) is 14.6. The molecular formula is C18H17BrN2O2. The van der Waals surface area contributed by atoms with Gasteiger partial charge in [0.25, 0.3) is 11.8 Å². The van der Waals surface area contributed by atoms with Crippen LogP contribution in [0.5, 0.6) is 0 Å². The lowest BCUT2D eigenvalue weighted by molar-refractivity contribution is 0.0783. The van der Waals surface area contributed by atoms with Gasteiger partial charge in [0, 0.05) is 23.2 Å². The third-order valence-electron chi connectivity index (χ3n) is 4.06. The molecule has 0 spiro atoms. The van der Waals surface area contributed by atoms with E-state index in [4.69, 9.17) is 0 Å². The number of nitrogens with one attached hydrogen (secondary N) is 1. The van der Waals surface area contributed by atoms with Crippen molar-refractivity contribution in [3.8, 4) is 0 Å². The van der Waals surface area contributed by atoms with Gasteiger partial charge in [-0.1, -0.05) is 28.1 Å². The van der Waals surface area contributed by atoms with Crippen molar-refractivity contribution >= 4 is 33.4 Å². The summed E-state index contributed by atoms with van der Waals surface area (Å²) in [7, 11) is 0. The van der Waals surface area contributed by atoms with Gasteiger partial charge in [0.1, 0.15) is 0 Å². The van der Waals surface area contributed by atoms with E-state index in [1.165, 1.54) is 0 Å². The summed E-state index contributed by atoms with van der Waals surface area (Å²) < 4.78 is 0.991. The van der Waals surface area contributed by atoms with Crippen LogP contribution in [0.3, 0.4) is 0 Å². The number of halogens is 1. The fourth-order valence-corrected chi connectivity index (χ4v) is 3.03. The van der Waals surface area contributed by atoms with E-state index >= 15 is 0 Å². The second-order valence-corrected chi connectivity index (χ2v) is 6.43. The first kappa shape index (κ1) is 15.7. The molecule has 3 rings (SSSR count). The molecule has 0 aliphatic carbocycles. The van der Waals surface area contributed by atoms with Crippen LogP contribution in [-0.4, -0.2) is 23.3 Å². The highest BCUT2D eigenvalue weighted by Gasteiger charge is 2.30. The summed E-state index contributed by atoms with van der Waals surface area (Å²) >= 11 is 3.44. The fraction of sp³-hybridized carbons (Fsp3) is 0.222. The number of hydrogen-bond donors (Lipinski definition) is 1. The van der Waals surface area contributed by atoms with E-state index < -0.39 is 0 Å². The highest BCUT2D eigenvalue weighted by Crippen LogP contribution is 2.27. The quantitative estimate of drug-likeness (QED) is 0.885. The zero-order chi connectivity index (χ0) is 16.6. The Morgan fingerprint density at radius 1 is 1.30 bits per heavy atom. The van der Waals surface area contributed by atoms with E-state index in [9.17, 15) is 9.59 Å². The van der Waals surface area contributed by atoms with E-state index in [-0.39, 0.29) is 11.8 Å². The van der Waals surface area contributed by atoms with Crippen molar-refractivity contribution in [2.45, 2.75) is 20.4 Å². The van der Waals surface area contributed by atoms with Crippen LogP contribution in [0, 0.1) is 6.92 Å². The standard InChI is InChI=1S/C18H17BrN2O2/c1-3-21-10-12-5-4-6-14(16(12)18(21)23)17(22)20-13-7-8-15(19)11(2)9-13/h4-9H,3,10H2,1-2H3,(H,20,22). The summed E-state index contributed by atoms with van der Waals surface area (Å²) in [4.78, 5) is 26.8. The van der Waals surface area contributed by atoms with Crippen molar-refractivity contribution in [1.29, 1.82) is 0 Å². The van der Waals surface area contributed by atoms with Gasteiger partial charge in [-0.05, 0) is 49.2 Å². The number of rotatable bonds is 3. The van der Waals surface area contributed by atoms with Crippen molar-refractivity contribution in [2.24, 2.45) is 0 Å². The molecule has 23 heavy (non-hydrogen) atoms. The molecule has 0 fully saturated rings. The monoisotopic (exact) mass is 372 g/mol. The molecule has 0 atom stereocenters. The highest BCUT2D eigenvalue weighted by atomic mass is 79.9. The zero-order valence-electron chi connectivity index (χ0n) is 13.0. The molecule has 4 nitrogen and oxygen atoms in total. The molecule has 2 amide bonds. The molecule has 118 valence electrons. The summed E-state index contributed by atoms with van der Waals surface area (Å²) in [6.07, 6.45) is 0. The van der Waals surface area contributed by atoms with Crippen LogP contribution in [-0.2, 0) is 6.54 Å². The lowest BCUT2D eigenvalue weighted by Crippen LogP contribution is -2.24. The molecule has 0 radical (unpaired) electrons. The van der Waals surface area contributed by atoms with Gasteiger partial charge in [-0.2, -0.15) is 0 Å². The number of nitrogens with zero attached hydrogens (tertiary/aromatic N) is 1. The number of benzene rings is 2. The molecule has 0 saturated carbocycles. The van der Waals surface area contributed by atoms with Gasteiger partial charge in [0.05, 0.1) is 11.1 Å². The second kappa shape index (κ2) is 6.16. The lowest BCUT2D eigenvalue weighted by atomic mass is 10.0. The normalized spacial score (nSPS) is 13.2. The topological polar surface area (TPSA) is 49.4 Å². The van der Waals surface area contributed by atoms with Crippen LogP contribution in [0.15, 0.2) is 40.9 Å². The molecular weight excluding hydrogens is 356 g/mol. The maximum Gasteiger partial charge on any atom is 0.256 e. The Morgan fingerprint density at radius 2 is 2.09 bits per heavy atom. The SMILES string of the molecule is CCN1Cc2cccc(C(=O)Nc3ccc(Br)c(C)c3)c2C1=O. The summed E-state index contributed by atoms with van der Waals surface area (Å²) in [6.45, 7) is 5.11. The largest absolute Gasteiger partial charge is 0.335 e. The summed E-state index contributed by atoms with van der Waals surface area (Å²) in [5.41, 5.74) is 3.63. The first-order valence-electron chi connectivity index (χ1n) is 7.50. The van der Waals surface area contributed by atoms with Crippen molar-refractivity contribution in [3.63, 3.8) is 0 Å². The van der Waals surface area contributed by atoms with Crippen molar-refractivity contribution in [3.05, 3.63) is 63.1 Å². The molecule has 5 heteroatoms.